The minimum absolute atomic E-state index is 0.157. The molecule has 1 rings (SSSR count). The molecule has 5 heteroatoms. The minimum atomic E-state index is -3.64. The number of hydrogen-bond acceptors (Lipinski definition) is 3. The highest BCUT2D eigenvalue weighted by Crippen LogP contribution is 2.15. The van der Waals surface area contributed by atoms with Crippen molar-refractivity contribution in [2.45, 2.75) is 30.8 Å². The van der Waals surface area contributed by atoms with Crippen LogP contribution in [0, 0.1) is 0 Å². The van der Waals surface area contributed by atoms with Crippen LogP contribution < -0.4 is 0 Å². The largest absolute Gasteiger partial charge is 0.480 e. The summed E-state index contributed by atoms with van der Waals surface area (Å²) in [5.41, 5.74) is 0.620. The van der Waals surface area contributed by atoms with Crippen molar-refractivity contribution in [2.75, 3.05) is 0 Å². The zero-order valence-electron chi connectivity index (χ0n) is 9.67. The molecular weight excluding hydrogens is 240 g/mol. The highest BCUT2D eigenvalue weighted by Gasteiger charge is 2.31. The van der Waals surface area contributed by atoms with Gasteiger partial charge in [-0.05, 0) is 12.0 Å². The molecular formula is C12H16O4S. The molecule has 0 bridgehead atoms. The van der Waals surface area contributed by atoms with Gasteiger partial charge in [-0.2, -0.15) is 0 Å². The van der Waals surface area contributed by atoms with E-state index in [9.17, 15) is 13.2 Å². The number of aliphatic carboxylic acids is 1. The maximum absolute atomic E-state index is 12.0. The van der Waals surface area contributed by atoms with Crippen LogP contribution in [-0.4, -0.2) is 24.7 Å². The Hall–Kier alpha value is -1.36. The lowest BCUT2D eigenvalue weighted by atomic mass is 10.2. The van der Waals surface area contributed by atoms with Gasteiger partial charge in [0, 0.05) is 0 Å². The summed E-state index contributed by atoms with van der Waals surface area (Å²) < 4.78 is 23.9. The fourth-order valence-corrected chi connectivity index (χ4v) is 3.39. The second-order valence-electron chi connectivity index (χ2n) is 3.91. The normalized spacial score (nSPS) is 13.2. The Kier molecular flexibility index (Phi) is 4.69. The van der Waals surface area contributed by atoms with Crippen LogP contribution in [0.4, 0.5) is 0 Å². The summed E-state index contributed by atoms with van der Waals surface area (Å²) >= 11 is 0. The lowest BCUT2D eigenvalue weighted by molar-refractivity contribution is -0.136. The Morgan fingerprint density at radius 3 is 2.35 bits per heavy atom. The Labute approximate surface area is 101 Å². The van der Waals surface area contributed by atoms with Gasteiger partial charge >= 0.3 is 5.97 Å². The van der Waals surface area contributed by atoms with Crippen LogP contribution in [0.1, 0.15) is 25.3 Å². The van der Waals surface area contributed by atoms with Gasteiger partial charge in [0.25, 0.3) is 0 Å². The van der Waals surface area contributed by atoms with E-state index in [0.29, 0.717) is 12.0 Å². The molecule has 0 saturated carbocycles. The van der Waals surface area contributed by atoms with E-state index in [-0.39, 0.29) is 12.2 Å². The molecule has 0 aliphatic carbocycles. The van der Waals surface area contributed by atoms with Crippen molar-refractivity contribution in [1.29, 1.82) is 0 Å². The molecule has 0 radical (unpaired) electrons. The predicted molar refractivity (Wildman–Crippen MR) is 65.4 cm³/mol. The number of carboxylic acid groups (broad SMARTS) is 1. The van der Waals surface area contributed by atoms with Crippen molar-refractivity contribution in [3.63, 3.8) is 0 Å². The summed E-state index contributed by atoms with van der Waals surface area (Å²) in [6.07, 6.45) is 0.690. The number of hydrogen-bond donors (Lipinski definition) is 1. The molecule has 94 valence electrons. The Bertz CT molecular complexity index is 465. The molecule has 0 fully saturated rings. The van der Waals surface area contributed by atoms with E-state index in [1.165, 1.54) is 0 Å². The van der Waals surface area contributed by atoms with Crippen LogP contribution in [0.25, 0.3) is 0 Å². The number of carbonyl (C=O) groups is 1. The molecule has 17 heavy (non-hydrogen) atoms. The fourth-order valence-electron chi connectivity index (χ4n) is 1.63. The van der Waals surface area contributed by atoms with E-state index in [1.54, 1.807) is 37.3 Å². The Balaban J connectivity index is 2.90. The summed E-state index contributed by atoms with van der Waals surface area (Å²) in [4.78, 5) is 10.9. The second kappa shape index (κ2) is 5.82. The van der Waals surface area contributed by atoms with Crippen LogP contribution >= 0.6 is 0 Å². The molecule has 1 unspecified atom stereocenters. The SMILES string of the molecule is CCCC(C(=O)O)S(=O)(=O)Cc1ccccc1. The van der Waals surface area contributed by atoms with Crippen LogP contribution in [0.5, 0.6) is 0 Å². The van der Waals surface area contributed by atoms with Gasteiger partial charge in [-0.1, -0.05) is 43.7 Å². The first-order chi connectivity index (χ1) is 7.97. The zero-order valence-corrected chi connectivity index (χ0v) is 10.5. The van der Waals surface area contributed by atoms with Gasteiger partial charge in [0.1, 0.15) is 0 Å². The molecule has 1 atom stereocenters. The van der Waals surface area contributed by atoms with Crippen molar-refractivity contribution < 1.29 is 18.3 Å². The third-order valence-electron chi connectivity index (χ3n) is 2.47. The fraction of sp³-hybridized carbons (Fsp3) is 0.417. The molecule has 1 aromatic rings. The molecule has 1 aromatic carbocycles. The highest BCUT2D eigenvalue weighted by atomic mass is 32.2. The molecule has 4 nitrogen and oxygen atoms in total. The van der Waals surface area contributed by atoms with Crippen molar-refractivity contribution in [2.24, 2.45) is 0 Å². The maximum Gasteiger partial charge on any atom is 0.321 e. The molecule has 0 saturated heterocycles. The number of rotatable bonds is 6. The van der Waals surface area contributed by atoms with E-state index in [4.69, 9.17) is 5.11 Å². The second-order valence-corrected chi connectivity index (χ2v) is 6.09. The highest BCUT2D eigenvalue weighted by molar-refractivity contribution is 7.92. The quantitative estimate of drug-likeness (QED) is 0.843. The van der Waals surface area contributed by atoms with Crippen LogP contribution in [0.2, 0.25) is 0 Å². The van der Waals surface area contributed by atoms with Crippen LogP contribution in [-0.2, 0) is 20.4 Å². The minimum Gasteiger partial charge on any atom is -0.480 e. The van der Waals surface area contributed by atoms with Gasteiger partial charge in [-0.15, -0.1) is 0 Å². The molecule has 0 spiro atoms. The first kappa shape index (κ1) is 13.7. The van der Waals surface area contributed by atoms with E-state index in [0.717, 1.165) is 0 Å². The predicted octanol–water partition coefficient (Wildman–Crippen LogP) is 1.85. The van der Waals surface area contributed by atoms with Crippen molar-refractivity contribution >= 4 is 15.8 Å². The molecule has 0 amide bonds. The lowest BCUT2D eigenvalue weighted by Crippen LogP contribution is -2.31. The number of sulfone groups is 1. The smallest absolute Gasteiger partial charge is 0.321 e. The van der Waals surface area contributed by atoms with Crippen molar-refractivity contribution in [3.8, 4) is 0 Å². The third-order valence-corrected chi connectivity index (χ3v) is 4.51. The number of benzene rings is 1. The standard InChI is InChI=1S/C12H16O4S/c1-2-6-11(12(13)14)17(15,16)9-10-7-4-3-5-8-10/h3-5,7-8,11H,2,6,9H2,1H3,(H,13,14). The van der Waals surface area contributed by atoms with E-state index < -0.39 is 21.1 Å². The van der Waals surface area contributed by atoms with E-state index >= 15 is 0 Å². The summed E-state index contributed by atoms with van der Waals surface area (Å²) in [5, 5.41) is 7.64. The van der Waals surface area contributed by atoms with Gasteiger partial charge in [0.2, 0.25) is 0 Å². The molecule has 1 N–H and O–H groups in total. The van der Waals surface area contributed by atoms with Crippen LogP contribution in [0.15, 0.2) is 30.3 Å². The molecule has 0 aliphatic heterocycles. The van der Waals surface area contributed by atoms with E-state index in [2.05, 4.69) is 0 Å². The number of carboxylic acids is 1. The summed E-state index contributed by atoms with van der Waals surface area (Å²) in [6, 6.07) is 8.63. The van der Waals surface area contributed by atoms with Gasteiger partial charge in [0.05, 0.1) is 5.75 Å². The molecule has 0 aromatic heterocycles. The van der Waals surface area contributed by atoms with Gasteiger partial charge < -0.3 is 5.11 Å². The average Bonchev–Trinajstić information content (AvgIpc) is 2.26. The maximum atomic E-state index is 12.0. The zero-order chi connectivity index (χ0) is 12.9. The van der Waals surface area contributed by atoms with E-state index in [1.807, 2.05) is 0 Å². The van der Waals surface area contributed by atoms with Gasteiger partial charge in [-0.3, -0.25) is 4.79 Å². The summed E-state index contributed by atoms with van der Waals surface area (Å²) in [6.45, 7) is 1.77. The topological polar surface area (TPSA) is 71.4 Å². The third kappa shape index (κ3) is 3.85. The monoisotopic (exact) mass is 256 g/mol. The summed E-state index contributed by atoms with van der Waals surface area (Å²) in [5.74, 6) is -1.48. The first-order valence-corrected chi connectivity index (χ1v) is 7.17. The molecule has 0 heterocycles. The Morgan fingerprint density at radius 2 is 1.88 bits per heavy atom. The van der Waals surface area contributed by atoms with Gasteiger partial charge in [0.15, 0.2) is 15.1 Å². The first-order valence-electron chi connectivity index (χ1n) is 5.45. The lowest BCUT2D eigenvalue weighted by Gasteiger charge is -2.12. The van der Waals surface area contributed by atoms with Gasteiger partial charge in [-0.25, -0.2) is 8.42 Å². The Morgan fingerprint density at radius 1 is 1.29 bits per heavy atom. The van der Waals surface area contributed by atoms with Crippen molar-refractivity contribution in [1.82, 2.24) is 0 Å². The average molecular weight is 256 g/mol. The summed E-state index contributed by atoms with van der Waals surface area (Å²) in [7, 11) is -3.64. The van der Waals surface area contributed by atoms with Crippen molar-refractivity contribution in [3.05, 3.63) is 35.9 Å². The molecule has 0 aliphatic rings. The van der Waals surface area contributed by atoms with Crippen LogP contribution in [0.3, 0.4) is 0 Å².